The molecule has 80 heavy (non-hydrogen) atoms. The molecule has 0 aliphatic heterocycles. The fourth-order valence-electron chi connectivity index (χ4n) is 10.5. The molecule has 0 radical (unpaired) electrons. The van der Waals surface area contributed by atoms with Gasteiger partial charge < -0.3 is 25.3 Å². The van der Waals surface area contributed by atoms with E-state index in [9.17, 15) is 0 Å². The van der Waals surface area contributed by atoms with E-state index >= 15 is 0 Å². The van der Waals surface area contributed by atoms with Gasteiger partial charge >= 0.3 is 0 Å². The van der Waals surface area contributed by atoms with Crippen LogP contribution in [0.3, 0.4) is 0 Å². The third kappa shape index (κ3) is 11.1. The Morgan fingerprint density at radius 2 is 0.425 bits per heavy atom. The minimum Gasteiger partial charge on any atom is -0.398 e. The van der Waals surface area contributed by atoms with Gasteiger partial charge in [-0.05, 0) is 186 Å². The van der Waals surface area contributed by atoms with E-state index in [1.54, 1.807) is 0 Å². The zero-order valence-corrected chi connectivity index (χ0v) is 44.8. The van der Waals surface area contributed by atoms with E-state index in [0.717, 1.165) is 107 Å². The molecule has 5 heteroatoms. The first kappa shape index (κ1) is 51.5. The maximum Gasteiger partial charge on any atom is 0.0482 e. The van der Waals surface area contributed by atoms with Crippen LogP contribution in [0.5, 0.6) is 0 Å². The van der Waals surface area contributed by atoms with Gasteiger partial charge in [0.05, 0.1) is 0 Å². The average molecular weight is 1030 g/mol. The SMILES string of the molecule is C=C.Cc1cc(N(c2ccccc2)c2ccc(-c3ccc(N(c4ccccc4)c4ccccc4)cc3)cc2)ccc1-c1ccc(N(c2ccccc2)c2ccc(-c3ccc(N(c4ccccc4)c4ccccc4)cc3)cc2)cc1N. The Bertz CT molecular complexity index is 3560. The van der Waals surface area contributed by atoms with Crippen LogP contribution in [0.1, 0.15) is 5.56 Å². The molecule has 0 atom stereocenters. The molecule has 0 fully saturated rings. The van der Waals surface area contributed by atoms with Crippen LogP contribution in [-0.4, -0.2) is 0 Å². The number of benzene rings is 12. The van der Waals surface area contributed by atoms with Crippen LogP contribution in [-0.2, 0) is 0 Å². The van der Waals surface area contributed by atoms with Crippen LogP contribution in [0.15, 0.2) is 329 Å². The standard InChI is InChI=1S/C73H57N5.C2H4/c1-54-52-69(77(63-28-16-6-17-29-63)67-44-36-57(37-45-67)55-32-40-65(41-33-55)75(59-20-8-2-9-21-59)60-22-10-3-11-23-60)48-50-71(54)72-51-49-70(53-73(72)74)78(64-30-18-7-19-31-64)68-46-38-58(39-47-68)56-34-42-66(43-35-56)76(61-24-12-4-13-25-61)62-26-14-5-15-27-62;1-2/h2-53H,74H2,1H3;1-2H2. The molecule has 2 N–H and O–H groups in total. The van der Waals surface area contributed by atoms with E-state index in [2.05, 4.69) is 355 Å². The number of nitrogens with zero attached hydrogens (tertiary/aromatic N) is 4. The summed E-state index contributed by atoms with van der Waals surface area (Å²) in [5.41, 5.74) is 28.5. The van der Waals surface area contributed by atoms with Crippen molar-refractivity contribution in [3.63, 3.8) is 0 Å². The van der Waals surface area contributed by atoms with Crippen molar-refractivity contribution in [2.75, 3.05) is 25.3 Å². The summed E-state index contributed by atoms with van der Waals surface area (Å²) in [5, 5.41) is 0. The molecule has 12 aromatic rings. The quantitative estimate of drug-likeness (QED) is 0.0818. The Morgan fingerprint density at radius 3 is 0.662 bits per heavy atom. The number of rotatable bonds is 15. The number of aryl methyl sites for hydroxylation is 1. The second kappa shape index (κ2) is 24.2. The molecule has 0 unspecified atom stereocenters. The highest BCUT2D eigenvalue weighted by molar-refractivity contribution is 5.88. The lowest BCUT2D eigenvalue weighted by atomic mass is 9.97. The monoisotopic (exact) mass is 1030 g/mol. The average Bonchev–Trinajstić information content (AvgIpc) is 3.59. The first-order valence-electron chi connectivity index (χ1n) is 26.9. The van der Waals surface area contributed by atoms with E-state index in [-0.39, 0.29) is 0 Å². The molecule has 5 nitrogen and oxygen atoms in total. The summed E-state index contributed by atoms with van der Waals surface area (Å²) >= 11 is 0. The van der Waals surface area contributed by atoms with Crippen molar-refractivity contribution in [1.82, 2.24) is 0 Å². The Kier molecular flexibility index (Phi) is 15.5. The zero-order chi connectivity index (χ0) is 54.6. The fourth-order valence-corrected chi connectivity index (χ4v) is 10.5. The van der Waals surface area contributed by atoms with Crippen LogP contribution in [0, 0.1) is 6.92 Å². The molecule has 12 rings (SSSR count). The largest absolute Gasteiger partial charge is 0.398 e. The van der Waals surface area contributed by atoms with Crippen molar-refractivity contribution in [2.24, 2.45) is 0 Å². The predicted molar refractivity (Wildman–Crippen MR) is 342 cm³/mol. The maximum atomic E-state index is 7.10. The minimum absolute atomic E-state index is 0.706. The number of hydrogen-bond donors (Lipinski definition) is 1. The third-order valence-corrected chi connectivity index (χ3v) is 14.3. The van der Waals surface area contributed by atoms with Crippen LogP contribution in [0.2, 0.25) is 0 Å². The van der Waals surface area contributed by atoms with Gasteiger partial charge in [-0.1, -0.05) is 170 Å². The number of nitrogens with two attached hydrogens (primary N) is 1. The second-order valence-electron chi connectivity index (χ2n) is 19.3. The zero-order valence-electron chi connectivity index (χ0n) is 44.8. The molecule has 0 aliphatic carbocycles. The van der Waals surface area contributed by atoms with Crippen molar-refractivity contribution in [3.05, 3.63) is 334 Å². The minimum atomic E-state index is 0.706. The summed E-state index contributed by atoms with van der Waals surface area (Å²) in [4.78, 5) is 9.16. The fraction of sp³-hybridized carbons (Fsp3) is 0.0133. The number of hydrogen-bond acceptors (Lipinski definition) is 5. The van der Waals surface area contributed by atoms with Gasteiger partial charge in [0.1, 0.15) is 0 Å². The molecule has 0 heterocycles. The summed E-state index contributed by atoms with van der Waals surface area (Å²) in [5.74, 6) is 0. The van der Waals surface area contributed by atoms with Gasteiger partial charge in [-0.25, -0.2) is 0 Å². The van der Waals surface area contributed by atoms with Crippen LogP contribution in [0.4, 0.5) is 73.9 Å². The highest BCUT2D eigenvalue weighted by Crippen LogP contribution is 2.43. The Morgan fingerprint density at radius 1 is 0.225 bits per heavy atom. The van der Waals surface area contributed by atoms with Gasteiger partial charge in [-0.3, -0.25) is 0 Å². The Balaban J connectivity index is 0.00000334. The predicted octanol–water partition coefficient (Wildman–Crippen LogP) is 21.3. The lowest BCUT2D eigenvalue weighted by Crippen LogP contribution is -2.11. The first-order chi connectivity index (χ1) is 39.5. The summed E-state index contributed by atoms with van der Waals surface area (Å²) in [7, 11) is 0. The van der Waals surface area contributed by atoms with Crippen LogP contribution < -0.4 is 25.3 Å². The topological polar surface area (TPSA) is 39.0 Å². The van der Waals surface area contributed by atoms with Gasteiger partial charge in [-0.15, -0.1) is 13.2 Å². The highest BCUT2D eigenvalue weighted by atomic mass is 15.2. The van der Waals surface area contributed by atoms with Gasteiger partial charge in [0.15, 0.2) is 0 Å². The molecular formula is C75H61N5. The van der Waals surface area contributed by atoms with E-state index in [4.69, 9.17) is 5.73 Å². The molecule has 0 saturated heterocycles. The lowest BCUT2D eigenvalue weighted by molar-refractivity contribution is 1.27. The normalized spacial score (nSPS) is 10.7. The van der Waals surface area contributed by atoms with E-state index < -0.39 is 0 Å². The van der Waals surface area contributed by atoms with E-state index in [1.165, 1.54) is 0 Å². The van der Waals surface area contributed by atoms with Crippen molar-refractivity contribution in [1.29, 1.82) is 0 Å². The molecule has 12 aromatic carbocycles. The molecular weight excluding hydrogens is 971 g/mol. The van der Waals surface area contributed by atoms with Crippen molar-refractivity contribution >= 4 is 73.9 Å². The second-order valence-corrected chi connectivity index (χ2v) is 19.3. The summed E-state index contributed by atoms with van der Waals surface area (Å²) in [6, 6.07) is 111. The van der Waals surface area contributed by atoms with Crippen molar-refractivity contribution < 1.29 is 0 Å². The number of nitrogen functional groups attached to an aromatic ring is 1. The summed E-state index contributed by atoms with van der Waals surface area (Å²) in [6.07, 6.45) is 0. The number of anilines is 13. The molecule has 0 amide bonds. The molecule has 0 aliphatic rings. The molecule has 0 saturated carbocycles. The van der Waals surface area contributed by atoms with Gasteiger partial charge in [0.25, 0.3) is 0 Å². The lowest BCUT2D eigenvalue weighted by Gasteiger charge is -2.27. The molecule has 0 aromatic heterocycles. The summed E-state index contributed by atoms with van der Waals surface area (Å²) in [6.45, 7) is 8.17. The first-order valence-corrected chi connectivity index (χ1v) is 26.9. The smallest absolute Gasteiger partial charge is 0.0482 e. The van der Waals surface area contributed by atoms with Gasteiger partial charge in [-0.2, -0.15) is 0 Å². The molecule has 0 bridgehead atoms. The third-order valence-electron chi connectivity index (χ3n) is 14.3. The Labute approximate surface area is 471 Å². The number of para-hydroxylation sites is 6. The van der Waals surface area contributed by atoms with Crippen LogP contribution in [0.25, 0.3) is 33.4 Å². The van der Waals surface area contributed by atoms with Crippen molar-refractivity contribution in [3.8, 4) is 33.4 Å². The van der Waals surface area contributed by atoms with Crippen molar-refractivity contribution in [2.45, 2.75) is 6.92 Å². The van der Waals surface area contributed by atoms with Gasteiger partial charge in [0.2, 0.25) is 0 Å². The van der Waals surface area contributed by atoms with E-state index in [1.807, 2.05) is 0 Å². The summed E-state index contributed by atoms with van der Waals surface area (Å²) < 4.78 is 0. The molecule has 386 valence electrons. The van der Waals surface area contributed by atoms with Gasteiger partial charge in [0, 0.05) is 79.5 Å². The van der Waals surface area contributed by atoms with Crippen LogP contribution >= 0.6 is 0 Å². The van der Waals surface area contributed by atoms with E-state index in [0.29, 0.717) is 5.69 Å². The molecule has 0 spiro atoms. The highest BCUT2D eigenvalue weighted by Gasteiger charge is 2.19. The maximum absolute atomic E-state index is 7.10. The Hall–Kier alpha value is -10.6.